The second-order valence-electron chi connectivity index (χ2n) is 7.00. The Morgan fingerprint density at radius 3 is 2.54 bits per heavy atom. The average Bonchev–Trinajstić information content (AvgIpc) is 2.64. The van der Waals surface area contributed by atoms with Crippen LogP contribution in [0.4, 0.5) is 4.79 Å². The fourth-order valence-corrected chi connectivity index (χ4v) is 3.06. The molecule has 1 heterocycles. The Bertz CT molecular complexity index is 633. The van der Waals surface area contributed by atoms with Gasteiger partial charge in [-0.1, -0.05) is 44.2 Å². The van der Waals surface area contributed by atoms with E-state index in [4.69, 9.17) is 0 Å². The Morgan fingerprint density at radius 2 is 1.92 bits per heavy atom. The van der Waals surface area contributed by atoms with E-state index >= 15 is 0 Å². The van der Waals surface area contributed by atoms with Crippen LogP contribution in [0.1, 0.15) is 32.3 Å². The molecule has 2 atom stereocenters. The molecular weight excluding hydrogens is 334 g/mol. The van der Waals surface area contributed by atoms with Gasteiger partial charge in [-0.15, -0.1) is 0 Å². The predicted octanol–water partition coefficient (Wildman–Crippen LogP) is 1.83. The molecule has 0 aliphatic carbocycles. The van der Waals surface area contributed by atoms with Crippen LogP contribution in [0.25, 0.3) is 0 Å². The quantitative estimate of drug-likeness (QED) is 0.720. The van der Waals surface area contributed by atoms with Gasteiger partial charge in [0.05, 0.1) is 5.92 Å². The van der Waals surface area contributed by atoms with Crippen molar-refractivity contribution in [2.45, 2.75) is 39.3 Å². The SMILES string of the molecule is CC(C)C(NC(=O)NCc1ccccc1)C(=O)N1CCCC(C(=O)O)C1. The summed E-state index contributed by atoms with van der Waals surface area (Å²) in [7, 11) is 0. The summed E-state index contributed by atoms with van der Waals surface area (Å²) in [6.45, 7) is 4.82. The highest BCUT2D eigenvalue weighted by Crippen LogP contribution is 2.18. The first-order chi connectivity index (χ1) is 12.4. The number of hydrogen-bond donors (Lipinski definition) is 3. The number of piperidine rings is 1. The largest absolute Gasteiger partial charge is 0.481 e. The summed E-state index contributed by atoms with van der Waals surface area (Å²) < 4.78 is 0. The first kappa shape index (κ1) is 19.8. The van der Waals surface area contributed by atoms with Crippen LogP contribution >= 0.6 is 0 Å². The zero-order valence-corrected chi connectivity index (χ0v) is 15.3. The molecule has 1 aromatic carbocycles. The Kier molecular flexibility index (Phi) is 7.00. The standard InChI is InChI=1S/C19H27N3O4/c1-13(2)16(17(23)22-10-6-9-15(12-22)18(24)25)21-19(26)20-11-14-7-4-3-5-8-14/h3-5,7-8,13,15-16H,6,9-12H2,1-2H3,(H,24,25)(H2,20,21,26). The summed E-state index contributed by atoms with van der Waals surface area (Å²) in [6, 6.07) is 8.41. The number of aliphatic carboxylic acids is 1. The average molecular weight is 361 g/mol. The van der Waals surface area contributed by atoms with Crippen LogP contribution in [0.3, 0.4) is 0 Å². The highest BCUT2D eigenvalue weighted by Gasteiger charge is 2.33. The zero-order valence-electron chi connectivity index (χ0n) is 15.3. The van der Waals surface area contributed by atoms with Gasteiger partial charge in [-0.05, 0) is 24.3 Å². The van der Waals surface area contributed by atoms with Crippen molar-refractivity contribution >= 4 is 17.9 Å². The van der Waals surface area contributed by atoms with Crippen molar-refractivity contribution in [1.29, 1.82) is 0 Å². The highest BCUT2D eigenvalue weighted by atomic mass is 16.4. The van der Waals surface area contributed by atoms with Crippen LogP contribution in [0, 0.1) is 11.8 Å². The molecule has 3 amide bonds. The smallest absolute Gasteiger partial charge is 0.315 e. The van der Waals surface area contributed by atoms with Crippen molar-refractivity contribution in [3.8, 4) is 0 Å². The number of nitrogens with one attached hydrogen (secondary N) is 2. The van der Waals surface area contributed by atoms with Crippen molar-refractivity contribution in [2.24, 2.45) is 11.8 Å². The zero-order chi connectivity index (χ0) is 19.1. The molecule has 142 valence electrons. The van der Waals surface area contributed by atoms with Crippen LogP contribution in [0.2, 0.25) is 0 Å². The van der Waals surface area contributed by atoms with Gasteiger partial charge in [0.25, 0.3) is 0 Å². The van der Waals surface area contributed by atoms with Gasteiger partial charge in [-0.25, -0.2) is 4.79 Å². The number of carbonyl (C=O) groups excluding carboxylic acids is 2. The lowest BCUT2D eigenvalue weighted by atomic mass is 9.96. The lowest BCUT2D eigenvalue weighted by Crippen LogP contribution is -2.55. The second kappa shape index (κ2) is 9.22. The van der Waals surface area contributed by atoms with Gasteiger partial charge in [0.1, 0.15) is 6.04 Å². The van der Waals surface area contributed by atoms with Crippen LogP contribution in [-0.4, -0.2) is 47.0 Å². The lowest BCUT2D eigenvalue weighted by Gasteiger charge is -2.34. The van der Waals surface area contributed by atoms with Crippen molar-refractivity contribution in [3.63, 3.8) is 0 Å². The van der Waals surface area contributed by atoms with Gasteiger partial charge in [-0.2, -0.15) is 0 Å². The third-order valence-corrected chi connectivity index (χ3v) is 4.60. The van der Waals surface area contributed by atoms with Crippen molar-refractivity contribution in [3.05, 3.63) is 35.9 Å². The minimum atomic E-state index is -0.878. The molecule has 1 aliphatic rings. The van der Waals surface area contributed by atoms with Crippen LogP contribution in [-0.2, 0) is 16.1 Å². The van der Waals surface area contributed by atoms with Crippen molar-refractivity contribution in [1.82, 2.24) is 15.5 Å². The molecule has 1 fully saturated rings. The summed E-state index contributed by atoms with van der Waals surface area (Å²) in [6.07, 6.45) is 1.24. The van der Waals surface area contributed by atoms with E-state index in [1.54, 1.807) is 4.90 Å². The predicted molar refractivity (Wildman–Crippen MR) is 97.4 cm³/mol. The molecule has 0 radical (unpaired) electrons. The lowest BCUT2D eigenvalue weighted by molar-refractivity contribution is -0.146. The second-order valence-corrected chi connectivity index (χ2v) is 7.00. The number of benzene rings is 1. The Balaban J connectivity index is 1.93. The molecule has 3 N–H and O–H groups in total. The van der Waals surface area contributed by atoms with Crippen LogP contribution in [0.15, 0.2) is 30.3 Å². The summed E-state index contributed by atoms with van der Waals surface area (Å²) in [4.78, 5) is 37.8. The summed E-state index contributed by atoms with van der Waals surface area (Å²) >= 11 is 0. The molecule has 7 nitrogen and oxygen atoms in total. The number of carboxylic acids is 1. The number of hydrogen-bond acceptors (Lipinski definition) is 3. The molecule has 0 bridgehead atoms. The van der Waals surface area contributed by atoms with Gasteiger partial charge in [0, 0.05) is 19.6 Å². The molecule has 2 unspecified atom stereocenters. The minimum Gasteiger partial charge on any atom is -0.481 e. The number of carboxylic acid groups (broad SMARTS) is 1. The fraction of sp³-hybridized carbons (Fsp3) is 0.526. The van der Waals surface area contributed by atoms with Gasteiger partial charge >= 0.3 is 12.0 Å². The first-order valence-electron chi connectivity index (χ1n) is 8.98. The molecule has 0 aromatic heterocycles. The first-order valence-corrected chi connectivity index (χ1v) is 8.98. The summed E-state index contributed by atoms with van der Waals surface area (Å²) in [5.74, 6) is -1.74. The number of nitrogens with zero attached hydrogens (tertiary/aromatic N) is 1. The maximum absolute atomic E-state index is 12.8. The topological polar surface area (TPSA) is 98.7 Å². The minimum absolute atomic E-state index is 0.102. The van der Waals surface area contributed by atoms with Crippen LogP contribution in [0.5, 0.6) is 0 Å². The molecule has 1 aliphatic heterocycles. The number of carbonyl (C=O) groups is 3. The number of rotatable bonds is 6. The number of amides is 3. The molecule has 0 saturated carbocycles. The van der Waals surface area contributed by atoms with E-state index < -0.39 is 24.0 Å². The molecule has 1 aromatic rings. The fourth-order valence-electron chi connectivity index (χ4n) is 3.06. The maximum atomic E-state index is 12.8. The van der Waals surface area contributed by atoms with Gasteiger partial charge in [-0.3, -0.25) is 9.59 Å². The van der Waals surface area contributed by atoms with E-state index in [-0.39, 0.29) is 18.4 Å². The molecule has 7 heteroatoms. The Labute approximate surface area is 153 Å². The van der Waals surface area contributed by atoms with Crippen molar-refractivity contribution < 1.29 is 19.5 Å². The molecule has 26 heavy (non-hydrogen) atoms. The Morgan fingerprint density at radius 1 is 1.23 bits per heavy atom. The maximum Gasteiger partial charge on any atom is 0.315 e. The van der Waals surface area contributed by atoms with Gasteiger partial charge in [0.15, 0.2) is 0 Å². The van der Waals surface area contributed by atoms with Gasteiger partial charge in [0.2, 0.25) is 5.91 Å². The molecule has 1 saturated heterocycles. The van der Waals surface area contributed by atoms with E-state index in [9.17, 15) is 19.5 Å². The number of likely N-dealkylation sites (tertiary alicyclic amines) is 1. The monoisotopic (exact) mass is 361 g/mol. The Hall–Kier alpha value is -2.57. The van der Waals surface area contributed by atoms with Crippen molar-refractivity contribution in [2.75, 3.05) is 13.1 Å². The van der Waals surface area contributed by atoms with E-state index in [0.29, 0.717) is 25.9 Å². The summed E-state index contributed by atoms with van der Waals surface area (Å²) in [5, 5.41) is 14.7. The third kappa shape index (κ3) is 5.47. The molecular formula is C19H27N3O4. The highest BCUT2D eigenvalue weighted by molar-refractivity contribution is 5.87. The molecule has 0 spiro atoms. The number of urea groups is 1. The van der Waals surface area contributed by atoms with Gasteiger partial charge < -0.3 is 20.6 Å². The summed E-state index contributed by atoms with van der Waals surface area (Å²) in [5.41, 5.74) is 0.968. The third-order valence-electron chi connectivity index (χ3n) is 4.60. The molecule has 2 rings (SSSR count). The van der Waals surface area contributed by atoms with E-state index in [2.05, 4.69) is 10.6 Å². The van der Waals surface area contributed by atoms with E-state index in [1.165, 1.54) is 0 Å². The van der Waals surface area contributed by atoms with E-state index in [0.717, 1.165) is 5.56 Å². The van der Waals surface area contributed by atoms with E-state index in [1.807, 2.05) is 44.2 Å². The van der Waals surface area contributed by atoms with Crippen LogP contribution < -0.4 is 10.6 Å². The normalized spacial score (nSPS) is 18.3.